The van der Waals surface area contributed by atoms with Crippen LogP contribution in [-0.4, -0.2) is 73.6 Å². The van der Waals surface area contributed by atoms with E-state index in [1.54, 1.807) is 38.4 Å². The first-order valence-electron chi connectivity index (χ1n) is 13.4. The maximum atomic E-state index is 13.7. The van der Waals surface area contributed by atoms with Crippen molar-refractivity contribution < 1.29 is 22.3 Å². The van der Waals surface area contributed by atoms with Crippen LogP contribution < -0.4 is 4.90 Å². The molecule has 2 aliphatic heterocycles. The summed E-state index contributed by atoms with van der Waals surface area (Å²) in [7, 11) is -1.90. The van der Waals surface area contributed by atoms with Crippen molar-refractivity contribution in [2.75, 3.05) is 37.5 Å². The molecule has 3 aromatic rings. The maximum absolute atomic E-state index is 13.7. The van der Waals surface area contributed by atoms with E-state index in [0.717, 1.165) is 29.4 Å². The van der Waals surface area contributed by atoms with Crippen molar-refractivity contribution in [3.8, 4) is 0 Å². The zero-order valence-electron chi connectivity index (χ0n) is 23.3. The van der Waals surface area contributed by atoms with E-state index in [4.69, 9.17) is 4.74 Å². The SMILES string of the molecule is COCCn1ncc2cc(S(=O)(=O)CC(C)(C)C)cc(N3[C@@H]4CC[C@H]3CN(C(=O)c3ccc(F)cc3C)C4)c21. The Kier molecular flexibility index (Phi) is 7.22. The van der Waals surface area contributed by atoms with Crippen molar-refractivity contribution in [2.24, 2.45) is 5.41 Å². The average Bonchev–Trinajstić information content (AvgIpc) is 3.37. The molecule has 1 amide bonds. The molecule has 2 bridgehead atoms. The van der Waals surface area contributed by atoms with E-state index < -0.39 is 9.84 Å². The maximum Gasteiger partial charge on any atom is 0.254 e. The zero-order valence-corrected chi connectivity index (χ0v) is 24.1. The highest BCUT2D eigenvalue weighted by molar-refractivity contribution is 7.91. The van der Waals surface area contributed by atoms with Gasteiger partial charge in [0.2, 0.25) is 0 Å². The Morgan fingerprint density at radius 2 is 1.82 bits per heavy atom. The van der Waals surface area contributed by atoms with Gasteiger partial charge in [0.25, 0.3) is 5.91 Å². The molecule has 2 aromatic carbocycles. The average molecular weight is 557 g/mol. The minimum absolute atomic E-state index is 0.0306. The van der Waals surface area contributed by atoms with Crippen LogP contribution in [0.3, 0.4) is 0 Å². The van der Waals surface area contributed by atoms with Gasteiger partial charge in [-0.25, -0.2) is 12.8 Å². The molecular formula is C29H37FN4O4S. The van der Waals surface area contributed by atoms with Crippen LogP contribution in [0.4, 0.5) is 10.1 Å². The van der Waals surface area contributed by atoms with Crippen LogP contribution in [0.25, 0.3) is 10.9 Å². The number of amides is 1. The number of methoxy groups -OCH3 is 1. The number of aryl methyl sites for hydroxylation is 1. The van der Waals surface area contributed by atoms with Gasteiger partial charge >= 0.3 is 0 Å². The molecule has 39 heavy (non-hydrogen) atoms. The summed E-state index contributed by atoms with van der Waals surface area (Å²) in [4.78, 5) is 17.9. The topological polar surface area (TPSA) is 84.7 Å². The van der Waals surface area contributed by atoms with E-state index in [-0.39, 0.29) is 35.0 Å². The molecule has 0 saturated carbocycles. The highest BCUT2D eigenvalue weighted by Gasteiger charge is 2.43. The number of fused-ring (bicyclic) bond motifs is 3. The van der Waals surface area contributed by atoms with Crippen molar-refractivity contribution in [3.63, 3.8) is 0 Å². The van der Waals surface area contributed by atoms with Gasteiger partial charge in [0, 0.05) is 43.2 Å². The fraction of sp³-hybridized carbons (Fsp3) is 0.517. The molecule has 0 spiro atoms. The number of nitrogens with zero attached hydrogens (tertiary/aromatic N) is 4. The normalized spacial score (nSPS) is 19.7. The molecule has 210 valence electrons. The number of halogens is 1. The van der Waals surface area contributed by atoms with Gasteiger partial charge in [-0.3, -0.25) is 9.48 Å². The van der Waals surface area contributed by atoms with Crippen LogP contribution in [0.15, 0.2) is 41.4 Å². The fourth-order valence-corrected chi connectivity index (χ4v) is 7.96. The largest absolute Gasteiger partial charge is 0.383 e. The Hall–Kier alpha value is -2.98. The number of rotatable bonds is 7. The summed E-state index contributed by atoms with van der Waals surface area (Å²) < 4.78 is 47.8. The summed E-state index contributed by atoms with van der Waals surface area (Å²) in [6, 6.07) is 7.87. The van der Waals surface area contributed by atoms with Crippen molar-refractivity contribution in [2.45, 2.75) is 64.1 Å². The first-order valence-corrected chi connectivity index (χ1v) is 15.1. The molecule has 1 aromatic heterocycles. The van der Waals surface area contributed by atoms with Crippen LogP contribution in [0.5, 0.6) is 0 Å². The van der Waals surface area contributed by atoms with E-state index in [1.165, 1.54) is 12.1 Å². The second kappa shape index (κ2) is 10.2. The predicted molar refractivity (Wildman–Crippen MR) is 149 cm³/mol. The summed E-state index contributed by atoms with van der Waals surface area (Å²) in [5.41, 5.74) is 2.47. The quantitative estimate of drug-likeness (QED) is 0.428. The summed E-state index contributed by atoms with van der Waals surface area (Å²) >= 11 is 0. The van der Waals surface area contributed by atoms with Crippen LogP contribution in [0, 0.1) is 18.2 Å². The number of ether oxygens (including phenoxy) is 1. The van der Waals surface area contributed by atoms with E-state index in [0.29, 0.717) is 42.3 Å². The van der Waals surface area contributed by atoms with Crippen molar-refractivity contribution in [1.82, 2.24) is 14.7 Å². The molecule has 2 saturated heterocycles. The van der Waals surface area contributed by atoms with E-state index >= 15 is 0 Å². The number of aromatic nitrogens is 2. The molecule has 2 atom stereocenters. The minimum Gasteiger partial charge on any atom is -0.383 e. The number of benzene rings is 2. The molecule has 5 rings (SSSR count). The smallest absolute Gasteiger partial charge is 0.254 e. The van der Waals surface area contributed by atoms with Crippen LogP contribution in [0.1, 0.15) is 49.5 Å². The third-order valence-corrected chi connectivity index (χ3v) is 9.84. The number of hydrogen-bond acceptors (Lipinski definition) is 6. The third-order valence-electron chi connectivity index (χ3n) is 7.64. The highest BCUT2D eigenvalue weighted by Crippen LogP contribution is 2.41. The Morgan fingerprint density at radius 3 is 2.44 bits per heavy atom. The second-order valence-electron chi connectivity index (χ2n) is 12.0. The predicted octanol–water partition coefficient (Wildman–Crippen LogP) is 4.44. The molecule has 2 aliphatic rings. The molecule has 0 aliphatic carbocycles. The number of hydrogen-bond donors (Lipinski definition) is 0. The van der Waals surface area contributed by atoms with Crippen LogP contribution in [0.2, 0.25) is 0 Å². The van der Waals surface area contributed by atoms with Gasteiger partial charge in [0.1, 0.15) is 5.82 Å². The minimum atomic E-state index is -3.54. The number of carbonyl (C=O) groups excluding carboxylic acids is 1. The lowest BCUT2D eigenvalue weighted by atomic mass is 10.0. The third kappa shape index (κ3) is 5.41. The van der Waals surface area contributed by atoms with Gasteiger partial charge in [-0.05, 0) is 61.1 Å². The lowest BCUT2D eigenvalue weighted by Gasteiger charge is -2.43. The molecule has 8 nitrogen and oxygen atoms in total. The van der Waals surface area contributed by atoms with E-state index in [9.17, 15) is 17.6 Å². The standard InChI is InChI=1S/C29H37FN4O4S/c1-19-12-21(30)6-9-25(19)28(35)32-16-22-7-8-23(17-32)34(22)26-14-24(39(36,37)18-29(2,3)4)13-20-15-31-33(27(20)26)10-11-38-5/h6,9,12-15,22-23H,7-8,10-11,16-18H2,1-5H3/t22-,23+. The van der Waals surface area contributed by atoms with E-state index in [2.05, 4.69) is 10.00 Å². The lowest BCUT2D eigenvalue weighted by molar-refractivity contribution is 0.0717. The molecule has 0 radical (unpaired) electrons. The van der Waals surface area contributed by atoms with Gasteiger partial charge in [-0.15, -0.1) is 0 Å². The van der Waals surface area contributed by atoms with Crippen LogP contribution >= 0.6 is 0 Å². The van der Waals surface area contributed by atoms with Crippen molar-refractivity contribution in [1.29, 1.82) is 0 Å². The molecule has 10 heteroatoms. The molecular weight excluding hydrogens is 519 g/mol. The van der Waals surface area contributed by atoms with Gasteiger partial charge in [-0.2, -0.15) is 5.10 Å². The monoisotopic (exact) mass is 556 g/mol. The van der Waals surface area contributed by atoms with Crippen molar-refractivity contribution in [3.05, 3.63) is 53.5 Å². The highest BCUT2D eigenvalue weighted by atomic mass is 32.2. The number of likely N-dealkylation sites (tertiary alicyclic amines) is 1. The van der Waals surface area contributed by atoms with Gasteiger partial charge in [0.05, 0.1) is 41.2 Å². The molecule has 2 fully saturated rings. The van der Waals surface area contributed by atoms with Crippen LogP contribution in [-0.2, 0) is 21.1 Å². The Bertz CT molecular complexity index is 1500. The zero-order chi connectivity index (χ0) is 28.1. The summed E-state index contributed by atoms with van der Waals surface area (Å²) in [6.07, 6.45) is 3.51. The van der Waals surface area contributed by atoms with E-state index in [1.807, 2.05) is 30.4 Å². The first-order chi connectivity index (χ1) is 18.4. The molecule has 0 unspecified atom stereocenters. The molecule has 3 heterocycles. The fourth-order valence-electron chi connectivity index (χ4n) is 6.06. The second-order valence-corrected chi connectivity index (χ2v) is 14.0. The summed E-state index contributed by atoms with van der Waals surface area (Å²) in [5, 5.41) is 5.35. The van der Waals surface area contributed by atoms with Gasteiger partial charge in [0.15, 0.2) is 9.84 Å². The Balaban J connectivity index is 1.54. The first kappa shape index (κ1) is 27.6. The number of sulfone groups is 1. The van der Waals surface area contributed by atoms with Gasteiger partial charge in [-0.1, -0.05) is 20.8 Å². The van der Waals surface area contributed by atoms with Gasteiger partial charge < -0.3 is 14.5 Å². The summed E-state index contributed by atoms with van der Waals surface area (Å²) in [6.45, 7) is 9.57. The summed E-state index contributed by atoms with van der Waals surface area (Å²) in [5.74, 6) is -0.417. The Labute approximate surface area is 229 Å². The number of anilines is 1. The Morgan fingerprint density at radius 1 is 1.13 bits per heavy atom. The lowest BCUT2D eigenvalue weighted by Crippen LogP contribution is -2.55. The number of piperazine rings is 1. The number of carbonyl (C=O) groups is 1. The van der Waals surface area contributed by atoms with Crippen molar-refractivity contribution >= 4 is 32.3 Å². The molecule has 0 N–H and O–H groups in total.